The molecule has 0 aromatic heterocycles. The number of ketones is 2. The van der Waals surface area contributed by atoms with E-state index >= 15 is 0 Å². The van der Waals surface area contributed by atoms with Crippen LogP contribution >= 0.6 is 0 Å². The number of rotatable bonds is 5. The highest BCUT2D eigenvalue weighted by molar-refractivity contribution is 6.32. The van der Waals surface area contributed by atoms with Crippen LogP contribution in [0.1, 0.15) is 78.0 Å². The number of carbonyl (C=O) groups is 4. The van der Waals surface area contributed by atoms with Crippen LogP contribution in [0.3, 0.4) is 0 Å². The molecule has 0 saturated heterocycles. The molecule has 0 bridgehead atoms. The Morgan fingerprint density at radius 1 is 0.857 bits per heavy atom. The van der Waals surface area contributed by atoms with Crippen molar-refractivity contribution < 1.29 is 59.3 Å². The molecule has 0 radical (unpaired) electrons. The molecule has 0 spiro atoms. The van der Waals surface area contributed by atoms with Crippen molar-refractivity contribution in [1.29, 1.82) is 0 Å². The molecule has 0 saturated carbocycles. The molecule has 3 aromatic rings. The summed E-state index contributed by atoms with van der Waals surface area (Å²) in [6.45, 7) is 2.61. The minimum absolute atomic E-state index is 0.0449. The average molecular weight is 580 g/mol. The van der Waals surface area contributed by atoms with Gasteiger partial charge in [0.25, 0.3) is 5.91 Å². The van der Waals surface area contributed by atoms with E-state index in [4.69, 9.17) is 9.47 Å². The molecule has 2 aliphatic rings. The number of aryl methyl sites for hydroxylation is 1. The lowest BCUT2D eigenvalue weighted by molar-refractivity contribution is -0.138. The third-order valence-corrected chi connectivity index (χ3v) is 7.56. The number of aliphatic hydroxyl groups is 2. The van der Waals surface area contributed by atoms with Gasteiger partial charge in [-0.25, -0.2) is 0 Å². The second kappa shape index (κ2) is 9.75. The monoisotopic (exact) mass is 579 g/mol. The van der Waals surface area contributed by atoms with Gasteiger partial charge < -0.3 is 45.4 Å². The fourth-order valence-corrected chi connectivity index (χ4v) is 5.58. The summed E-state index contributed by atoms with van der Waals surface area (Å²) in [4.78, 5) is 51.8. The Morgan fingerprint density at radius 2 is 1.52 bits per heavy atom. The van der Waals surface area contributed by atoms with Crippen LogP contribution < -0.4 is 14.8 Å². The topological polar surface area (TPSA) is 220 Å². The highest BCUT2D eigenvalue weighted by atomic mass is 16.5. The minimum atomic E-state index is -1.85. The smallest absolute Gasteiger partial charge is 0.325 e. The van der Waals surface area contributed by atoms with Gasteiger partial charge in [-0.2, -0.15) is 0 Å². The molecule has 0 heterocycles. The number of amides is 1. The molecule has 42 heavy (non-hydrogen) atoms. The molecule has 7 N–H and O–H groups in total. The van der Waals surface area contributed by atoms with Gasteiger partial charge in [-0.15, -0.1) is 0 Å². The molecule has 5 rings (SSSR count). The Kier molecular flexibility index (Phi) is 6.59. The second-order valence-corrected chi connectivity index (χ2v) is 9.95. The third-order valence-electron chi connectivity index (χ3n) is 7.56. The van der Waals surface area contributed by atoms with Gasteiger partial charge in [0.1, 0.15) is 47.0 Å². The third kappa shape index (κ3) is 3.78. The first kappa shape index (κ1) is 28.4. The Hall–Kier alpha value is -5.14. The first-order chi connectivity index (χ1) is 19.8. The van der Waals surface area contributed by atoms with Crippen LogP contribution in [-0.4, -0.2) is 74.3 Å². The molecule has 13 heteroatoms. The summed E-state index contributed by atoms with van der Waals surface area (Å²) >= 11 is 0. The van der Waals surface area contributed by atoms with Gasteiger partial charge in [-0.05, 0) is 31.0 Å². The molecule has 2 aliphatic carbocycles. The van der Waals surface area contributed by atoms with Crippen LogP contribution in [-0.2, 0) is 4.79 Å². The number of aliphatic hydroxyl groups excluding tert-OH is 2. The summed E-state index contributed by atoms with van der Waals surface area (Å²) in [5.41, 5.74) is -3.30. The molecular formula is C29H25NO12. The Balaban J connectivity index is 1.86. The summed E-state index contributed by atoms with van der Waals surface area (Å²) in [5.74, 6) is -6.81. The van der Waals surface area contributed by atoms with Gasteiger partial charge in [0, 0.05) is 28.3 Å². The van der Waals surface area contributed by atoms with Gasteiger partial charge in [0.2, 0.25) is 5.78 Å². The summed E-state index contributed by atoms with van der Waals surface area (Å²) in [5, 5.41) is 67.3. The largest absolute Gasteiger partial charge is 0.507 e. The first-order valence-corrected chi connectivity index (χ1v) is 12.5. The van der Waals surface area contributed by atoms with Crippen molar-refractivity contribution in [1.82, 2.24) is 5.32 Å². The van der Waals surface area contributed by atoms with E-state index in [1.165, 1.54) is 33.1 Å². The van der Waals surface area contributed by atoms with Crippen LogP contribution in [0.25, 0.3) is 11.1 Å². The lowest BCUT2D eigenvalue weighted by Crippen LogP contribution is -2.38. The van der Waals surface area contributed by atoms with E-state index < -0.39 is 92.5 Å². The van der Waals surface area contributed by atoms with Crippen molar-refractivity contribution in [2.75, 3.05) is 14.2 Å². The Labute approximate surface area is 237 Å². The highest BCUT2D eigenvalue weighted by Gasteiger charge is 2.46. The number of carboxylic acid groups (broad SMARTS) is 1. The second-order valence-electron chi connectivity index (χ2n) is 9.95. The van der Waals surface area contributed by atoms with Gasteiger partial charge in [0.05, 0.1) is 36.5 Å². The van der Waals surface area contributed by atoms with Crippen LogP contribution in [0.4, 0.5) is 0 Å². The number of aromatic hydroxyl groups is 3. The van der Waals surface area contributed by atoms with Crippen molar-refractivity contribution >= 4 is 23.4 Å². The number of carbonyl (C=O) groups excluding carboxylic acids is 3. The maximum absolute atomic E-state index is 13.8. The zero-order chi connectivity index (χ0) is 30.9. The summed E-state index contributed by atoms with van der Waals surface area (Å²) in [6, 6.07) is 2.24. The lowest BCUT2D eigenvalue weighted by Gasteiger charge is -2.34. The first-order valence-electron chi connectivity index (χ1n) is 12.5. The van der Waals surface area contributed by atoms with Gasteiger partial charge in [-0.3, -0.25) is 19.2 Å². The zero-order valence-electron chi connectivity index (χ0n) is 22.6. The number of phenolic OH excluding ortho intramolecular Hbond substituents is 3. The van der Waals surface area contributed by atoms with Gasteiger partial charge >= 0.3 is 5.97 Å². The number of ether oxygens (including phenoxy) is 2. The molecule has 3 atom stereocenters. The van der Waals surface area contributed by atoms with Crippen LogP contribution in [0, 0.1) is 6.92 Å². The van der Waals surface area contributed by atoms with Crippen LogP contribution in [0.5, 0.6) is 28.7 Å². The molecule has 0 aliphatic heterocycles. The number of hydrogen-bond donors (Lipinski definition) is 7. The number of benzene rings is 3. The van der Waals surface area contributed by atoms with E-state index in [1.54, 1.807) is 0 Å². The molecule has 13 nitrogen and oxygen atoms in total. The molecule has 0 fully saturated rings. The van der Waals surface area contributed by atoms with Crippen molar-refractivity contribution in [2.24, 2.45) is 0 Å². The van der Waals surface area contributed by atoms with E-state index in [0.29, 0.717) is 0 Å². The van der Waals surface area contributed by atoms with E-state index in [1.807, 2.05) is 0 Å². The zero-order valence-corrected chi connectivity index (χ0v) is 22.6. The fourth-order valence-electron chi connectivity index (χ4n) is 5.58. The van der Waals surface area contributed by atoms with Crippen molar-refractivity contribution in [2.45, 2.75) is 32.1 Å². The van der Waals surface area contributed by atoms with E-state index in [2.05, 4.69) is 5.32 Å². The normalized spacial score (nSPS) is 17.4. The predicted octanol–water partition coefficient (Wildman–Crippen LogP) is 1.85. The van der Waals surface area contributed by atoms with Crippen LogP contribution in [0.15, 0.2) is 18.2 Å². The summed E-state index contributed by atoms with van der Waals surface area (Å²) < 4.78 is 10.5. The SMILES string of the molecule is COc1cc(O)c2c(c1)C(=O)c1c(O)c3c(c(OC)c1C2=O)[C@H](O)[C@@H](O)c1cc(C)c(C(=O)NC(C)C(=O)O)c(O)c1-3. The number of methoxy groups -OCH3 is 2. The lowest BCUT2D eigenvalue weighted by atomic mass is 9.73. The Morgan fingerprint density at radius 3 is 2.12 bits per heavy atom. The predicted molar refractivity (Wildman–Crippen MR) is 143 cm³/mol. The molecule has 3 aromatic carbocycles. The highest BCUT2D eigenvalue weighted by Crippen LogP contribution is 2.58. The number of phenols is 3. The van der Waals surface area contributed by atoms with Crippen LogP contribution in [0.2, 0.25) is 0 Å². The standard InChI is InChI=1S/C29H25NO12/c1-8-5-11-16(23(34)14(8)28(38)30-9(2)29(39)40)17-19(26(37)22(11)33)27(42-4)20-18(25(17)36)21(32)12-6-10(41-3)7-13(31)15(12)24(20)35/h5-7,9,22,26,31,33-34,36-37H,1-4H3,(H,30,38)(H,39,40)/t9?,22-,26-/m0/s1. The van der Waals surface area contributed by atoms with Crippen molar-refractivity contribution in [3.63, 3.8) is 0 Å². The van der Waals surface area contributed by atoms with Gasteiger partial charge in [0.15, 0.2) is 5.78 Å². The van der Waals surface area contributed by atoms with E-state index in [0.717, 1.165) is 13.2 Å². The number of nitrogens with one attached hydrogen (secondary N) is 1. The fraction of sp³-hybridized carbons (Fsp3) is 0.241. The maximum atomic E-state index is 13.8. The molecule has 1 unspecified atom stereocenters. The molecule has 1 amide bonds. The molecule has 218 valence electrons. The minimum Gasteiger partial charge on any atom is -0.507 e. The maximum Gasteiger partial charge on any atom is 0.325 e. The number of fused-ring (bicyclic) bond motifs is 5. The average Bonchev–Trinajstić information content (AvgIpc) is 2.93. The summed E-state index contributed by atoms with van der Waals surface area (Å²) in [7, 11) is 2.39. The van der Waals surface area contributed by atoms with Crippen molar-refractivity contribution in [3.8, 4) is 39.9 Å². The van der Waals surface area contributed by atoms with E-state index in [-0.39, 0.29) is 33.6 Å². The van der Waals surface area contributed by atoms with Crippen molar-refractivity contribution in [3.05, 3.63) is 62.7 Å². The van der Waals surface area contributed by atoms with Gasteiger partial charge in [-0.1, -0.05) is 6.07 Å². The Bertz CT molecular complexity index is 1760. The molecular weight excluding hydrogens is 554 g/mol. The number of hydrogen-bond acceptors (Lipinski definition) is 11. The number of aliphatic carboxylic acids is 1. The van der Waals surface area contributed by atoms with E-state index in [9.17, 15) is 49.8 Å². The number of carboxylic acids is 1. The summed E-state index contributed by atoms with van der Waals surface area (Å²) in [6.07, 6.45) is -3.62. The quantitative estimate of drug-likeness (QED) is 0.180.